The molecule has 0 atom stereocenters. The van der Waals surface area contributed by atoms with Crippen LogP contribution in [0.15, 0.2) is 4.36 Å². The van der Waals surface area contributed by atoms with Crippen molar-refractivity contribution in [1.29, 1.82) is 0 Å². The van der Waals surface area contributed by atoms with Crippen molar-refractivity contribution in [2.75, 3.05) is 19.1 Å². The van der Waals surface area contributed by atoms with E-state index in [0.717, 1.165) is 24.7 Å². The molecule has 0 aromatic rings. The van der Waals surface area contributed by atoms with Gasteiger partial charge in [0.15, 0.2) is 0 Å². The van der Waals surface area contributed by atoms with Crippen LogP contribution in [0.5, 0.6) is 0 Å². The summed E-state index contributed by atoms with van der Waals surface area (Å²) in [5.41, 5.74) is 0. The molecular weight excluding hydrogens is 248 g/mol. The summed E-state index contributed by atoms with van der Waals surface area (Å²) in [5, 5.41) is 2.99. The van der Waals surface area contributed by atoms with Gasteiger partial charge in [-0.1, -0.05) is 13.8 Å². The van der Waals surface area contributed by atoms with Crippen molar-refractivity contribution in [3.8, 4) is 0 Å². The molecule has 1 fully saturated rings. The number of carbonyl (C=O) groups is 1. The van der Waals surface area contributed by atoms with Crippen molar-refractivity contribution in [3.05, 3.63) is 0 Å². The lowest BCUT2D eigenvalue weighted by Crippen LogP contribution is -2.39. The van der Waals surface area contributed by atoms with Gasteiger partial charge in [0.1, 0.15) is 6.54 Å². The van der Waals surface area contributed by atoms with Gasteiger partial charge in [0.2, 0.25) is 5.91 Å². The van der Waals surface area contributed by atoms with Gasteiger partial charge >= 0.3 is 0 Å². The first kappa shape index (κ1) is 15.5. The quantitative estimate of drug-likeness (QED) is 0.853. The van der Waals surface area contributed by atoms with Crippen LogP contribution in [0.2, 0.25) is 0 Å². The average Bonchev–Trinajstić information content (AvgIpc) is 2.26. The monoisotopic (exact) mass is 274 g/mol. The smallest absolute Gasteiger partial charge is 0.242 e. The fraction of sp³-hybridized carbons (Fsp3) is 0.923. The Hall–Kier alpha value is -0.580. The molecular formula is C13H26N2O2S. The van der Waals surface area contributed by atoms with Crippen molar-refractivity contribution in [3.63, 3.8) is 0 Å². The molecule has 0 saturated heterocycles. The minimum absolute atomic E-state index is 0.0238. The maximum absolute atomic E-state index is 11.6. The Balaban J connectivity index is 2.33. The van der Waals surface area contributed by atoms with E-state index in [9.17, 15) is 9.00 Å². The van der Waals surface area contributed by atoms with E-state index in [1.165, 1.54) is 12.8 Å². The van der Waals surface area contributed by atoms with Gasteiger partial charge in [0.05, 0.1) is 0 Å². The predicted molar refractivity (Wildman–Crippen MR) is 76.0 cm³/mol. The molecule has 0 radical (unpaired) electrons. The van der Waals surface area contributed by atoms with E-state index in [1.54, 1.807) is 12.5 Å². The summed E-state index contributed by atoms with van der Waals surface area (Å²) < 4.78 is 15.2. The predicted octanol–water partition coefficient (Wildman–Crippen LogP) is 2.04. The molecule has 1 rings (SSSR count). The summed E-state index contributed by atoms with van der Waals surface area (Å²) in [6.07, 6.45) is 7.60. The zero-order valence-electron chi connectivity index (χ0n) is 11.9. The lowest BCUT2D eigenvalue weighted by Gasteiger charge is -2.31. The van der Waals surface area contributed by atoms with Gasteiger partial charge in [-0.2, -0.15) is 0 Å². The van der Waals surface area contributed by atoms with Crippen molar-refractivity contribution >= 4 is 15.6 Å². The molecule has 18 heavy (non-hydrogen) atoms. The van der Waals surface area contributed by atoms with Crippen molar-refractivity contribution in [1.82, 2.24) is 5.32 Å². The molecule has 0 heterocycles. The van der Waals surface area contributed by atoms with Crippen molar-refractivity contribution < 1.29 is 9.00 Å². The second-order valence-corrected chi connectivity index (χ2v) is 8.51. The number of rotatable bonds is 4. The first-order valence-electron chi connectivity index (χ1n) is 6.70. The summed E-state index contributed by atoms with van der Waals surface area (Å²) >= 11 is 0. The lowest BCUT2D eigenvalue weighted by molar-refractivity contribution is -0.120. The minimum Gasteiger partial charge on any atom is -0.352 e. The molecule has 0 unspecified atom stereocenters. The summed E-state index contributed by atoms with van der Waals surface area (Å²) in [5.74, 6) is 1.44. The maximum atomic E-state index is 11.6. The normalized spacial score (nSPS) is 24.9. The lowest BCUT2D eigenvalue weighted by atomic mass is 9.80. The van der Waals surface area contributed by atoms with Crippen LogP contribution in [0, 0.1) is 11.8 Å². The minimum atomic E-state index is -2.17. The Bertz CT molecular complexity index is 382. The highest BCUT2D eigenvalue weighted by atomic mass is 32.2. The van der Waals surface area contributed by atoms with E-state index in [2.05, 4.69) is 23.5 Å². The summed E-state index contributed by atoms with van der Waals surface area (Å²) in [4.78, 5) is 11.6. The molecule has 1 N–H and O–H groups in total. The maximum Gasteiger partial charge on any atom is 0.242 e. The van der Waals surface area contributed by atoms with Gasteiger partial charge in [-0.25, -0.2) is 4.36 Å². The first-order chi connectivity index (χ1) is 8.28. The van der Waals surface area contributed by atoms with E-state index in [1.807, 2.05) is 0 Å². The molecule has 0 spiro atoms. The van der Waals surface area contributed by atoms with Gasteiger partial charge in [-0.05, 0) is 37.5 Å². The van der Waals surface area contributed by atoms with Gasteiger partial charge in [-0.3, -0.25) is 9.00 Å². The third kappa shape index (κ3) is 5.85. The summed E-state index contributed by atoms with van der Waals surface area (Å²) in [7, 11) is -2.17. The highest BCUT2D eigenvalue weighted by Crippen LogP contribution is 2.29. The van der Waals surface area contributed by atoms with Crippen LogP contribution in [0.1, 0.15) is 39.5 Å². The second kappa shape index (κ2) is 6.55. The molecule has 5 heteroatoms. The molecule has 0 aromatic heterocycles. The fourth-order valence-electron chi connectivity index (χ4n) is 2.42. The van der Waals surface area contributed by atoms with Gasteiger partial charge in [0.25, 0.3) is 0 Å². The molecule has 1 saturated carbocycles. The zero-order valence-corrected chi connectivity index (χ0v) is 12.8. The van der Waals surface area contributed by atoms with Crippen LogP contribution >= 0.6 is 0 Å². The zero-order chi connectivity index (χ0) is 13.8. The number of hydrogen-bond donors (Lipinski definition) is 1. The Morgan fingerprint density at radius 2 is 1.83 bits per heavy atom. The molecule has 0 aromatic carbocycles. The summed E-state index contributed by atoms with van der Waals surface area (Å²) in [6.45, 7) is 4.55. The van der Waals surface area contributed by atoms with E-state index in [0.29, 0.717) is 0 Å². The van der Waals surface area contributed by atoms with Crippen LogP contribution < -0.4 is 5.32 Å². The number of hydrogen-bond acceptors (Lipinski definition) is 3. The van der Waals surface area contributed by atoms with Crippen LogP contribution in [-0.2, 0) is 14.5 Å². The SMILES string of the molecule is CC(C)[C@H]1CC[C@H](NC(=O)CN=S(C)(C)=O)CC1. The largest absolute Gasteiger partial charge is 0.352 e. The van der Waals surface area contributed by atoms with E-state index >= 15 is 0 Å². The molecule has 1 aliphatic carbocycles. The van der Waals surface area contributed by atoms with Gasteiger partial charge < -0.3 is 5.32 Å². The highest BCUT2D eigenvalue weighted by molar-refractivity contribution is 7.92. The standard InChI is InChI=1S/C13H26N2O2S/c1-10(2)11-5-7-12(8-6-11)15-13(16)9-14-18(3,4)17/h10-12H,5-9H2,1-4H3,(H,15,16)/t11-,12-. The van der Waals surface area contributed by atoms with E-state index in [-0.39, 0.29) is 18.5 Å². The number of amides is 1. The second-order valence-electron chi connectivity index (χ2n) is 5.89. The molecule has 0 bridgehead atoms. The average molecular weight is 274 g/mol. The molecule has 1 aliphatic rings. The third-order valence-electron chi connectivity index (χ3n) is 3.60. The number of nitrogens with zero attached hydrogens (tertiary/aromatic N) is 1. The Kier molecular flexibility index (Phi) is 5.63. The highest BCUT2D eigenvalue weighted by Gasteiger charge is 2.23. The van der Waals surface area contributed by atoms with Crippen molar-refractivity contribution in [2.24, 2.45) is 16.2 Å². The van der Waals surface area contributed by atoms with Crippen LogP contribution in [0.4, 0.5) is 0 Å². The number of nitrogens with one attached hydrogen (secondary N) is 1. The Morgan fingerprint density at radius 3 is 2.28 bits per heavy atom. The summed E-state index contributed by atoms with van der Waals surface area (Å²) in [6, 6.07) is 0.285. The number of carbonyl (C=O) groups excluding carboxylic acids is 1. The van der Waals surface area contributed by atoms with Crippen LogP contribution in [-0.4, -0.2) is 35.2 Å². The molecule has 1 amide bonds. The first-order valence-corrected chi connectivity index (χ1v) is 9.03. The molecule has 4 nitrogen and oxygen atoms in total. The van der Waals surface area contributed by atoms with Gasteiger partial charge in [0, 0.05) is 28.3 Å². The Labute approximate surface area is 111 Å². The molecule has 0 aliphatic heterocycles. The molecule has 106 valence electrons. The van der Waals surface area contributed by atoms with Crippen molar-refractivity contribution in [2.45, 2.75) is 45.6 Å². The van der Waals surface area contributed by atoms with Crippen LogP contribution in [0.3, 0.4) is 0 Å². The third-order valence-corrected chi connectivity index (χ3v) is 4.35. The topological polar surface area (TPSA) is 58.5 Å². The van der Waals surface area contributed by atoms with E-state index in [4.69, 9.17) is 0 Å². The van der Waals surface area contributed by atoms with E-state index < -0.39 is 9.73 Å². The van der Waals surface area contributed by atoms with Gasteiger partial charge in [-0.15, -0.1) is 0 Å². The fourth-order valence-corrected chi connectivity index (χ4v) is 2.85. The van der Waals surface area contributed by atoms with Crippen LogP contribution in [0.25, 0.3) is 0 Å². The Morgan fingerprint density at radius 1 is 1.28 bits per heavy atom.